The van der Waals surface area contributed by atoms with Crippen LogP contribution in [0.15, 0.2) is 90.0 Å². The summed E-state index contributed by atoms with van der Waals surface area (Å²) in [5.74, 6) is 0.831. The Bertz CT molecular complexity index is 972. The van der Waals surface area contributed by atoms with Crippen molar-refractivity contribution in [2.75, 3.05) is 0 Å². The monoisotopic (exact) mass is 387 g/mol. The molecule has 140 valence electrons. The summed E-state index contributed by atoms with van der Waals surface area (Å²) in [5.41, 5.74) is 10.2. The standard InChI is InChI=1S/C23H21N3OS/c24-23(28)26-22(19-9-5-2-6-10-19)15-21(25-26)18-11-13-20(14-12-18)27-16-17-7-3-1-4-8-17/h1-14,22H,15-16H2,(H2,24,28). The number of benzene rings is 3. The summed E-state index contributed by atoms with van der Waals surface area (Å²) < 4.78 is 5.87. The Morgan fingerprint density at radius 2 is 1.61 bits per heavy atom. The van der Waals surface area contributed by atoms with Crippen molar-refractivity contribution in [1.29, 1.82) is 0 Å². The second-order valence-electron chi connectivity index (χ2n) is 6.66. The molecule has 0 saturated heterocycles. The van der Waals surface area contributed by atoms with Crippen molar-refractivity contribution in [2.24, 2.45) is 10.8 Å². The number of nitrogens with zero attached hydrogens (tertiary/aromatic N) is 2. The van der Waals surface area contributed by atoms with Crippen molar-refractivity contribution in [3.8, 4) is 5.75 Å². The maximum Gasteiger partial charge on any atom is 0.187 e. The fourth-order valence-corrected chi connectivity index (χ4v) is 3.48. The van der Waals surface area contributed by atoms with Crippen molar-refractivity contribution in [1.82, 2.24) is 5.01 Å². The van der Waals surface area contributed by atoms with Crippen molar-refractivity contribution in [3.05, 3.63) is 102 Å². The third-order valence-electron chi connectivity index (χ3n) is 4.76. The van der Waals surface area contributed by atoms with Crippen LogP contribution in [0.2, 0.25) is 0 Å². The minimum Gasteiger partial charge on any atom is -0.489 e. The van der Waals surface area contributed by atoms with Crippen LogP contribution in [0.1, 0.15) is 29.2 Å². The van der Waals surface area contributed by atoms with E-state index < -0.39 is 0 Å². The molecule has 0 spiro atoms. The lowest BCUT2D eigenvalue weighted by Crippen LogP contribution is -2.31. The van der Waals surface area contributed by atoms with Crippen LogP contribution in [0.25, 0.3) is 0 Å². The van der Waals surface area contributed by atoms with Gasteiger partial charge in [-0.2, -0.15) is 5.10 Å². The lowest BCUT2D eigenvalue weighted by atomic mass is 9.98. The number of rotatable bonds is 5. The molecule has 28 heavy (non-hydrogen) atoms. The molecule has 2 N–H and O–H groups in total. The molecule has 0 amide bonds. The Balaban J connectivity index is 1.48. The van der Waals surface area contributed by atoms with Crippen molar-refractivity contribution in [3.63, 3.8) is 0 Å². The van der Waals surface area contributed by atoms with Gasteiger partial charge in [-0.15, -0.1) is 0 Å². The van der Waals surface area contributed by atoms with Gasteiger partial charge in [0.2, 0.25) is 0 Å². The minimum absolute atomic E-state index is 0.0303. The first-order valence-corrected chi connectivity index (χ1v) is 9.60. The summed E-state index contributed by atoms with van der Waals surface area (Å²) in [6.07, 6.45) is 0.756. The largest absolute Gasteiger partial charge is 0.489 e. The Morgan fingerprint density at radius 3 is 2.25 bits per heavy atom. The van der Waals surface area contributed by atoms with Gasteiger partial charge >= 0.3 is 0 Å². The predicted molar refractivity (Wildman–Crippen MR) is 116 cm³/mol. The zero-order chi connectivity index (χ0) is 19.3. The molecule has 0 aliphatic carbocycles. The van der Waals surface area contributed by atoms with Gasteiger partial charge in [-0.1, -0.05) is 60.7 Å². The molecule has 1 atom stereocenters. The molecule has 0 fully saturated rings. The number of hydrogen-bond donors (Lipinski definition) is 1. The molecule has 0 radical (unpaired) electrons. The molecule has 4 rings (SSSR count). The number of ether oxygens (including phenoxy) is 1. The van der Waals surface area contributed by atoms with Gasteiger partial charge < -0.3 is 10.5 Å². The van der Waals surface area contributed by atoms with Gasteiger partial charge in [-0.3, -0.25) is 0 Å². The number of nitrogens with two attached hydrogens (primary N) is 1. The van der Waals surface area contributed by atoms with E-state index >= 15 is 0 Å². The molecular formula is C23H21N3OS. The molecule has 3 aromatic rings. The topological polar surface area (TPSA) is 50.8 Å². The number of hydrazone groups is 1. The van der Waals surface area contributed by atoms with Gasteiger partial charge in [-0.25, -0.2) is 5.01 Å². The third-order valence-corrected chi connectivity index (χ3v) is 4.94. The van der Waals surface area contributed by atoms with Crippen LogP contribution in [0.5, 0.6) is 5.75 Å². The zero-order valence-electron chi connectivity index (χ0n) is 15.4. The van der Waals surface area contributed by atoms with E-state index in [1.165, 1.54) is 0 Å². The molecular weight excluding hydrogens is 366 g/mol. The lowest BCUT2D eigenvalue weighted by Gasteiger charge is -2.21. The highest BCUT2D eigenvalue weighted by atomic mass is 32.1. The Labute approximate surface area is 170 Å². The van der Waals surface area contributed by atoms with Crippen LogP contribution in [0.3, 0.4) is 0 Å². The number of thiocarbonyl (C=S) groups is 1. The van der Waals surface area contributed by atoms with Crippen LogP contribution in [-0.4, -0.2) is 15.8 Å². The van der Waals surface area contributed by atoms with E-state index in [1.807, 2.05) is 60.7 Å². The van der Waals surface area contributed by atoms with Crippen LogP contribution in [0, 0.1) is 0 Å². The summed E-state index contributed by atoms with van der Waals surface area (Å²) in [4.78, 5) is 0. The van der Waals surface area contributed by atoms with Crippen molar-refractivity contribution >= 4 is 23.0 Å². The van der Waals surface area contributed by atoms with Crippen LogP contribution < -0.4 is 10.5 Å². The van der Waals surface area contributed by atoms with Gasteiger partial charge in [0.25, 0.3) is 0 Å². The quantitative estimate of drug-likeness (QED) is 0.647. The second kappa shape index (κ2) is 8.23. The molecule has 1 aliphatic heterocycles. The molecule has 0 aromatic heterocycles. The Morgan fingerprint density at radius 1 is 0.964 bits per heavy atom. The van der Waals surface area contributed by atoms with E-state index in [0.29, 0.717) is 6.61 Å². The smallest absolute Gasteiger partial charge is 0.187 e. The molecule has 0 bridgehead atoms. The molecule has 1 heterocycles. The highest BCUT2D eigenvalue weighted by Crippen LogP contribution is 2.32. The maximum atomic E-state index is 5.92. The van der Waals surface area contributed by atoms with Crippen LogP contribution in [-0.2, 0) is 6.61 Å². The molecule has 1 unspecified atom stereocenters. The summed E-state index contributed by atoms with van der Waals surface area (Å²) in [6, 6.07) is 28.4. The van der Waals surface area contributed by atoms with E-state index in [1.54, 1.807) is 5.01 Å². The average Bonchev–Trinajstić information content (AvgIpc) is 3.20. The molecule has 0 saturated carbocycles. The zero-order valence-corrected chi connectivity index (χ0v) is 16.2. The fourth-order valence-electron chi connectivity index (χ4n) is 3.31. The van der Waals surface area contributed by atoms with Crippen LogP contribution >= 0.6 is 12.2 Å². The Kier molecular flexibility index (Phi) is 5.35. The Hall–Kier alpha value is -3.18. The second-order valence-corrected chi connectivity index (χ2v) is 7.08. The number of hydrogen-bond acceptors (Lipinski definition) is 3. The van der Waals surface area contributed by atoms with Crippen LogP contribution in [0.4, 0.5) is 0 Å². The highest BCUT2D eigenvalue weighted by molar-refractivity contribution is 7.80. The summed E-state index contributed by atoms with van der Waals surface area (Å²) in [7, 11) is 0. The predicted octanol–water partition coefficient (Wildman–Crippen LogP) is 4.66. The van der Waals surface area contributed by atoms with E-state index in [2.05, 4.69) is 29.4 Å². The SMILES string of the molecule is NC(=S)N1N=C(c2ccc(OCc3ccccc3)cc2)CC1c1ccccc1. The molecule has 1 aliphatic rings. The summed E-state index contributed by atoms with van der Waals surface area (Å²) in [5, 5.41) is 6.70. The van der Waals surface area contributed by atoms with Crippen molar-refractivity contribution < 1.29 is 4.74 Å². The van der Waals surface area contributed by atoms with E-state index in [0.717, 1.165) is 34.6 Å². The van der Waals surface area contributed by atoms with Gasteiger partial charge in [0.15, 0.2) is 5.11 Å². The summed E-state index contributed by atoms with van der Waals surface area (Å²) in [6.45, 7) is 0.548. The maximum absolute atomic E-state index is 5.92. The first kappa shape index (κ1) is 18.2. The fraction of sp³-hybridized carbons (Fsp3) is 0.130. The average molecular weight is 388 g/mol. The van der Waals surface area contributed by atoms with Gasteiger partial charge in [0.05, 0.1) is 11.8 Å². The third kappa shape index (κ3) is 4.05. The summed E-state index contributed by atoms with van der Waals surface area (Å²) >= 11 is 5.21. The van der Waals surface area contributed by atoms with Gasteiger partial charge in [0, 0.05) is 6.42 Å². The molecule has 4 nitrogen and oxygen atoms in total. The van der Waals surface area contributed by atoms with E-state index in [4.69, 9.17) is 22.7 Å². The minimum atomic E-state index is 0.0303. The molecule has 3 aromatic carbocycles. The lowest BCUT2D eigenvalue weighted by molar-refractivity contribution is 0.306. The first-order chi connectivity index (χ1) is 13.7. The van der Waals surface area contributed by atoms with Gasteiger partial charge in [-0.05, 0) is 53.2 Å². The normalized spacial score (nSPS) is 15.9. The van der Waals surface area contributed by atoms with E-state index in [-0.39, 0.29) is 11.2 Å². The van der Waals surface area contributed by atoms with E-state index in [9.17, 15) is 0 Å². The first-order valence-electron chi connectivity index (χ1n) is 9.19. The van der Waals surface area contributed by atoms with Gasteiger partial charge in [0.1, 0.15) is 12.4 Å². The van der Waals surface area contributed by atoms with Crippen molar-refractivity contribution in [2.45, 2.75) is 19.1 Å². The molecule has 5 heteroatoms. The highest BCUT2D eigenvalue weighted by Gasteiger charge is 2.30.